The number of anilines is 2. The zero-order valence-electron chi connectivity index (χ0n) is 14.6. The van der Waals surface area contributed by atoms with Gasteiger partial charge >= 0.3 is 0 Å². The molecule has 4 rings (SSSR count). The van der Waals surface area contributed by atoms with E-state index in [0.717, 1.165) is 23.1 Å². The monoisotopic (exact) mass is 355 g/mol. The number of hydrazine groups is 1. The SMILES string of the molecule is CON1CC(C)N(Nc2ncncn2)C(Nc2ccc3cn[nH]c3c2)C1. The molecule has 1 saturated heterocycles. The average molecular weight is 355 g/mol. The maximum Gasteiger partial charge on any atom is 0.240 e. The van der Waals surface area contributed by atoms with Gasteiger partial charge in [-0.25, -0.2) is 15.0 Å². The molecule has 1 aliphatic rings. The second-order valence-electron chi connectivity index (χ2n) is 6.19. The van der Waals surface area contributed by atoms with Gasteiger partial charge in [-0.2, -0.15) is 15.2 Å². The average Bonchev–Trinajstić information content (AvgIpc) is 3.13. The summed E-state index contributed by atoms with van der Waals surface area (Å²) in [6.45, 7) is 3.54. The van der Waals surface area contributed by atoms with E-state index >= 15 is 0 Å². The molecule has 0 saturated carbocycles. The summed E-state index contributed by atoms with van der Waals surface area (Å²) in [6.07, 6.45) is 4.69. The third kappa shape index (κ3) is 3.43. The van der Waals surface area contributed by atoms with Crippen LogP contribution in [0.3, 0.4) is 0 Å². The Bertz CT molecular complexity index is 855. The van der Waals surface area contributed by atoms with Crippen molar-refractivity contribution < 1.29 is 4.84 Å². The van der Waals surface area contributed by atoms with Crippen LogP contribution in [0.2, 0.25) is 0 Å². The molecule has 2 unspecified atom stereocenters. The second kappa shape index (κ2) is 7.20. The van der Waals surface area contributed by atoms with Crippen molar-refractivity contribution in [2.24, 2.45) is 0 Å². The molecule has 2 aromatic heterocycles. The molecule has 136 valence electrons. The van der Waals surface area contributed by atoms with Crippen molar-refractivity contribution in [3.63, 3.8) is 0 Å². The minimum absolute atomic E-state index is 0.0594. The number of piperazine rings is 1. The molecule has 10 heteroatoms. The largest absolute Gasteiger partial charge is 0.367 e. The van der Waals surface area contributed by atoms with Gasteiger partial charge in [-0.15, -0.1) is 0 Å². The van der Waals surface area contributed by atoms with E-state index < -0.39 is 0 Å². The van der Waals surface area contributed by atoms with Gasteiger partial charge in [0, 0.05) is 23.7 Å². The number of hydrogen-bond acceptors (Lipinski definition) is 9. The molecule has 1 aliphatic heterocycles. The van der Waals surface area contributed by atoms with Crippen molar-refractivity contribution >= 4 is 22.5 Å². The number of nitrogens with zero attached hydrogens (tertiary/aromatic N) is 6. The van der Waals surface area contributed by atoms with Gasteiger partial charge in [0.1, 0.15) is 18.8 Å². The highest BCUT2D eigenvalue weighted by molar-refractivity contribution is 5.81. The molecule has 0 spiro atoms. The highest BCUT2D eigenvalue weighted by Crippen LogP contribution is 2.21. The third-order valence-electron chi connectivity index (χ3n) is 4.41. The maximum absolute atomic E-state index is 5.47. The fraction of sp³-hybridized carbons (Fsp3) is 0.375. The van der Waals surface area contributed by atoms with Crippen LogP contribution in [0.1, 0.15) is 6.92 Å². The quantitative estimate of drug-likeness (QED) is 0.619. The third-order valence-corrected chi connectivity index (χ3v) is 4.41. The molecule has 3 N–H and O–H groups in total. The minimum atomic E-state index is -0.0594. The number of fused-ring (bicyclic) bond motifs is 1. The molecule has 1 fully saturated rings. The molecule has 26 heavy (non-hydrogen) atoms. The molecule has 2 atom stereocenters. The summed E-state index contributed by atoms with van der Waals surface area (Å²) in [5.41, 5.74) is 5.26. The van der Waals surface area contributed by atoms with Crippen molar-refractivity contribution in [2.45, 2.75) is 19.1 Å². The number of nitrogens with one attached hydrogen (secondary N) is 3. The van der Waals surface area contributed by atoms with Gasteiger partial charge in [0.15, 0.2) is 0 Å². The molecule has 0 radical (unpaired) electrons. The summed E-state index contributed by atoms with van der Waals surface area (Å²) in [5, 5.41) is 15.7. The Morgan fingerprint density at radius 1 is 1.23 bits per heavy atom. The molecule has 1 aromatic carbocycles. The van der Waals surface area contributed by atoms with Crippen molar-refractivity contribution in [1.29, 1.82) is 0 Å². The number of hydroxylamine groups is 2. The van der Waals surface area contributed by atoms with Gasteiger partial charge in [-0.1, -0.05) is 0 Å². The van der Waals surface area contributed by atoms with Crippen LogP contribution >= 0.6 is 0 Å². The summed E-state index contributed by atoms with van der Waals surface area (Å²) < 4.78 is 0. The van der Waals surface area contributed by atoms with Gasteiger partial charge in [-0.3, -0.25) is 10.5 Å². The normalized spacial score (nSPS) is 21.8. The van der Waals surface area contributed by atoms with E-state index in [1.54, 1.807) is 7.11 Å². The Kier molecular flexibility index (Phi) is 4.61. The standard InChI is InChI=1S/C16H21N9O/c1-11-7-24(26-2)8-15(25(11)23-16-18-9-17-10-19-16)21-13-4-3-12-6-20-22-14(12)5-13/h3-6,9-11,15,21H,7-8H2,1-2H3,(H,20,22)(H,17,18,19,23). The Morgan fingerprint density at radius 2 is 2.08 bits per heavy atom. The van der Waals surface area contributed by atoms with Gasteiger partial charge in [0.2, 0.25) is 5.95 Å². The highest BCUT2D eigenvalue weighted by Gasteiger charge is 2.33. The smallest absolute Gasteiger partial charge is 0.240 e. The van der Waals surface area contributed by atoms with Crippen LogP contribution in [0.4, 0.5) is 11.6 Å². The van der Waals surface area contributed by atoms with Crippen LogP contribution in [0, 0.1) is 0 Å². The van der Waals surface area contributed by atoms with E-state index in [4.69, 9.17) is 4.84 Å². The highest BCUT2D eigenvalue weighted by atomic mass is 16.7. The van der Waals surface area contributed by atoms with Crippen LogP contribution in [0.25, 0.3) is 10.9 Å². The Labute approximate surface area is 150 Å². The van der Waals surface area contributed by atoms with Crippen LogP contribution in [0.5, 0.6) is 0 Å². The number of hydrogen-bond donors (Lipinski definition) is 3. The molecule has 0 amide bonds. The van der Waals surface area contributed by atoms with Crippen LogP contribution in [-0.4, -0.2) is 67.6 Å². The zero-order chi connectivity index (χ0) is 17.9. The van der Waals surface area contributed by atoms with Crippen molar-refractivity contribution in [3.8, 4) is 0 Å². The summed E-state index contributed by atoms with van der Waals surface area (Å²) in [6, 6.07) is 6.27. The second-order valence-corrected chi connectivity index (χ2v) is 6.19. The first-order valence-corrected chi connectivity index (χ1v) is 8.38. The first-order valence-electron chi connectivity index (χ1n) is 8.38. The zero-order valence-corrected chi connectivity index (χ0v) is 14.6. The fourth-order valence-electron chi connectivity index (χ4n) is 3.13. The van der Waals surface area contributed by atoms with Gasteiger partial charge in [0.05, 0.1) is 25.4 Å². The molecular weight excluding hydrogens is 334 g/mol. The van der Waals surface area contributed by atoms with Crippen LogP contribution < -0.4 is 10.7 Å². The van der Waals surface area contributed by atoms with Gasteiger partial charge < -0.3 is 10.2 Å². The molecule has 0 aliphatic carbocycles. The maximum atomic E-state index is 5.47. The minimum Gasteiger partial charge on any atom is -0.367 e. The predicted molar refractivity (Wildman–Crippen MR) is 96.8 cm³/mol. The summed E-state index contributed by atoms with van der Waals surface area (Å²) >= 11 is 0. The lowest BCUT2D eigenvalue weighted by atomic mass is 10.2. The number of H-pyrrole nitrogens is 1. The van der Waals surface area contributed by atoms with E-state index in [9.17, 15) is 0 Å². The van der Waals surface area contributed by atoms with Crippen molar-refractivity contribution in [1.82, 2.24) is 35.2 Å². The van der Waals surface area contributed by atoms with E-state index in [1.807, 2.05) is 29.5 Å². The van der Waals surface area contributed by atoms with E-state index in [2.05, 4.69) is 47.8 Å². The molecular formula is C16H21N9O. The van der Waals surface area contributed by atoms with Crippen LogP contribution in [-0.2, 0) is 4.84 Å². The van der Waals surface area contributed by atoms with E-state index in [1.165, 1.54) is 12.7 Å². The lowest BCUT2D eigenvalue weighted by Crippen LogP contribution is -2.62. The van der Waals surface area contributed by atoms with Crippen LogP contribution in [0.15, 0.2) is 37.1 Å². The molecule has 0 bridgehead atoms. The Morgan fingerprint density at radius 3 is 2.88 bits per heavy atom. The van der Waals surface area contributed by atoms with Crippen molar-refractivity contribution in [3.05, 3.63) is 37.1 Å². The van der Waals surface area contributed by atoms with Gasteiger partial charge in [0.25, 0.3) is 0 Å². The summed E-state index contributed by atoms with van der Waals surface area (Å²) in [7, 11) is 1.69. The molecule has 3 heterocycles. The number of benzene rings is 1. The lowest BCUT2D eigenvalue weighted by Gasteiger charge is -2.44. The fourth-order valence-corrected chi connectivity index (χ4v) is 3.13. The first kappa shape index (κ1) is 16.6. The Balaban J connectivity index is 1.57. The topological polar surface area (TPSA) is 107 Å². The number of aromatic nitrogens is 5. The van der Waals surface area contributed by atoms with E-state index in [0.29, 0.717) is 12.5 Å². The summed E-state index contributed by atoms with van der Waals surface area (Å²) in [5.74, 6) is 0.508. The Hall–Kier alpha value is -2.82. The van der Waals surface area contributed by atoms with Crippen molar-refractivity contribution in [2.75, 3.05) is 30.9 Å². The molecule has 3 aromatic rings. The van der Waals surface area contributed by atoms with E-state index in [-0.39, 0.29) is 12.2 Å². The predicted octanol–water partition coefficient (Wildman–Crippen LogP) is 1.08. The van der Waals surface area contributed by atoms with Gasteiger partial charge in [-0.05, 0) is 25.1 Å². The molecule has 10 nitrogen and oxygen atoms in total. The first-order chi connectivity index (χ1) is 12.7. The number of aromatic amines is 1. The number of rotatable bonds is 5. The lowest BCUT2D eigenvalue weighted by molar-refractivity contribution is -0.171. The summed E-state index contributed by atoms with van der Waals surface area (Å²) in [4.78, 5) is 17.6.